The van der Waals surface area contributed by atoms with Crippen molar-refractivity contribution in [2.75, 3.05) is 11.8 Å². The van der Waals surface area contributed by atoms with E-state index in [9.17, 15) is 8.42 Å². The van der Waals surface area contributed by atoms with Gasteiger partial charge in [-0.25, -0.2) is 23.1 Å². The molecule has 3 rings (SSSR count). The number of nitrogens with one attached hydrogen (secondary N) is 1. The molecule has 0 saturated carbocycles. The van der Waals surface area contributed by atoms with Gasteiger partial charge >= 0.3 is 0 Å². The minimum atomic E-state index is -3.89. The lowest BCUT2D eigenvalue weighted by atomic mass is 10.1. The first-order valence-corrected chi connectivity index (χ1v) is 9.73. The first kappa shape index (κ1) is 18.8. The van der Waals surface area contributed by atoms with Gasteiger partial charge in [-0.15, -0.1) is 0 Å². The first-order chi connectivity index (χ1) is 12.7. The van der Waals surface area contributed by atoms with Gasteiger partial charge in [0.1, 0.15) is 22.8 Å². The number of hydrogen-bond donors (Lipinski definition) is 1. The lowest BCUT2D eigenvalue weighted by molar-refractivity contribution is 0.402. The van der Waals surface area contributed by atoms with Gasteiger partial charge in [0.15, 0.2) is 5.82 Å². The van der Waals surface area contributed by atoms with Gasteiger partial charge < -0.3 is 4.74 Å². The molecule has 1 N–H and O–H groups in total. The number of sulfonamides is 1. The van der Waals surface area contributed by atoms with Crippen molar-refractivity contribution in [1.82, 2.24) is 19.7 Å². The third-order valence-electron chi connectivity index (χ3n) is 4.19. The van der Waals surface area contributed by atoms with Crippen LogP contribution in [0.1, 0.15) is 22.5 Å². The number of ether oxygens (including phenoxy) is 1. The molecular weight excluding hydrogens is 366 g/mol. The van der Waals surface area contributed by atoms with Crippen LogP contribution in [-0.2, 0) is 10.0 Å². The molecule has 27 heavy (non-hydrogen) atoms. The smallest absolute Gasteiger partial charge is 0.266 e. The summed E-state index contributed by atoms with van der Waals surface area (Å²) in [4.78, 5) is 8.26. The van der Waals surface area contributed by atoms with Gasteiger partial charge in [-0.2, -0.15) is 5.10 Å². The molecule has 0 atom stereocenters. The van der Waals surface area contributed by atoms with E-state index in [4.69, 9.17) is 4.74 Å². The zero-order chi connectivity index (χ0) is 19.8. The lowest BCUT2D eigenvalue weighted by Gasteiger charge is -2.14. The Morgan fingerprint density at radius 1 is 1.00 bits per heavy atom. The molecule has 142 valence electrons. The minimum Gasteiger partial charge on any atom is -0.495 e. The standard InChI is InChI=1S/C18H21N5O3S/c1-11-6-15(26-5)16(7-12(11)2)27(24,25)22-17-9-18(20-10-19-17)23-14(4)8-13(3)21-23/h6-10H,1-5H3,(H,19,20,22). The third kappa shape index (κ3) is 3.77. The van der Waals surface area contributed by atoms with Crippen molar-refractivity contribution in [1.29, 1.82) is 0 Å². The minimum absolute atomic E-state index is 0.0550. The van der Waals surface area contributed by atoms with E-state index < -0.39 is 10.0 Å². The summed E-state index contributed by atoms with van der Waals surface area (Å²) in [7, 11) is -2.45. The van der Waals surface area contributed by atoms with Crippen molar-refractivity contribution in [3.8, 4) is 11.6 Å². The summed E-state index contributed by atoms with van der Waals surface area (Å²) in [5.74, 6) is 0.895. The number of nitrogens with zero attached hydrogens (tertiary/aromatic N) is 4. The van der Waals surface area contributed by atoms with Crippen LogP contribution in [0.2, 0.25) is 0 Å². The largest absolute Gasteiger partial charge is 0.495 e. The van der Waals surface area contributed by atoms with Gasteiger partial charge in [0.05, 0.1) is 12.8 Å². The molecule has 2 aromatic heterocycles. The predicted molar refractivity (Wildman–Crippen MR) is 102 cm³/mol. The maximum Gasteiger partial charge on any atom is 0.266 e. The van der Waals surface area contributed by atoms with Gasteiger partial charge in [-0.3, -0.25) is 4.72 Å². The predicted octanol–water partition coefficient (Wildman–Crippen LogP) is 2.71. The van der Waals surface area contributed by atoms with Crippen molar-refractivity contribution >= 4 is 15.8 Å². The molecule has 0 saturated heterocycles. The molecule has 8 nitrogen and oxygen atoms in total. The fourth-order valence-corrected chi connectivity index (χ4v) is 3.94. The number of benzene rings is 1. The summed E-state index contributed by atoms with van der Waals surface area (Å²) in [6.07, 6.45) is 1.29. The monoisotopic (exact) mass is 387 g/mol. The van der Waals surface area contributed by atoms with Crippen LogP contribution in [0.4, 0.5) is 5.82 Å². The lowest BCUT2D eigenvalue weighted by Crippen LogP contribution is -2.16. The van der Waals surface area contributed by atoms with E-state index in [0.29, 0.717) is 5.82 Å². The molecule has 0 bridgehead atoms. The SMILES string of the molecule is COc1cc(C)c(C)cc1S(=O)(=O)Nc1cc(-n2nc(C)cc2C)ncn1. The Hall–Kier alpha value is -2.94. The quantitative estimate of drug-likeness (QED) is 0.723. The number of aryl methyl sites for hydroxylation is 4. The summed E-state index contributed by atoms with van der Waals surface area (Å²) >= 11 is 0. The van der Waals surface area contributed by atoms with Crippen molar-refractivity contribution in [2.45, 2.75) is 32.6 Å². The summed E-state index contributed by atoms with van der Waals surface area (Å²) in [6.45, 7) is 7.51. The van der Waals surface area contributed by atoms with Crippen LogP contribution in [0.15, 0.2) is 35.5 Å². The van der Waals surface area contributed by atoms with Crippen LogP contribution in [0.25, 0.3) is 5.82 Å². The average Bonchev–Trinajstić information content (AvgIpc) is 2.95. The van der Waals surface area contributed by atoms with Crippen LogP contribution in [0, 0.1) is 27.7 Å². The molecule has 9 heteroatoms. The Kier molecular flexibility index (Phi) is 4.88. The van der Waals surface area contributed by atoms with E-state index in [1.165, 1.54) is 19.5 Å². The molecule has 1 aromatic carbocycles. The number of aromatic nitrogens is 4. The second kappa shape index (κ2) is 6.99. The third-order valence-corrected chi connectivity index (χ3v) is 5.56. The van der Waals surface area contributed by atoms with E-state index in [1.54, 1.807) is 16.8 Å². The van der Waals surface area contributed by atoms with Crippen LogP contribution in [0.5, 0.6) is 5.75 Å². The Morgan fingerprint density at radius 3 is 2.33 bits per heavy atom. The Bertz CT molecular complexity index is 1110. The Labute approximate surface area is 158 Å². The molecule has 0 spiro atoms. The summed E-state index contributed by atoms with van der Waals surface area (Å²) < 4.78 is 35.2. The van der Waals surface area contributed by atoms with Gasteiger partial charge in [0.25, 0.3) is 10.0 Å². The van der Waals surface area contributed by atoms with Crippen LogP contribution in [0.3, 0.4) is 0 Å². The number of methoxy groups -OCH3 is 1. The molecule has 0 radical (unpaired) electrons. The van der Waals surface area contributed by atoms with Gasteiger partial charge in [-0.1, -0.05) is 0 Å². The first-order valence-electron chi connectivity index (χ1n) is 8.25. The number of rotatable bonds is 5. The van der Waals surface area contributed by atoms with E-state index in [1.807, 2.05) is 33.8 Å². The maximum atomic E-state index is 12.9. The molecule has 0 fully saturated rings. The second-order valence-corrected chi connectivity index (χ2v) is 7.94. The fraction of sp³-hybridized carbons (Fsp3) is 0.278. The zero-order valence-corrected chi connectivity index (χ0v) is 16.6. The molecule has 0 aliphatic carbocycles. The number of hydrogen-bond acceptors (Lipinski definition) is 6. The van der Waals surface area contributed by atoms with Gasteiger partial charge in [0, 0.05) is 11.8 Å². The van der Waals surface area contributed by atoms with Crippen molar-refractivity contribution in [2.24, 2.45) is 0 Å². The topological polar surface area (TPSA) is 99.0 Å². The Morgan fingerprint density at radius 2 is 1.70 bits per heavy atom. The zero-order valence-electron chi connectivity index (χ0n) is 15.8. The molecule has 3 aromatic rings. The highest BCUT2D eigenvalue weighted by molar-refractivity contribution is 7.92. The number of anilines is 1. The summed E-state index contributed by atoms with van der Waals surface area (Å²) in [6, 6.07) is 6.72. The highest BCUT2D eigenvalue weighted by atomic mass is 32.2. The van der Waals surface area contributed by atoms with Gasteiger partial charge in [-0.05, 0) is 57.0 Å². The molecule has 0 aliphatic rings. The molecule has 0 amide bonds. The maximum absolute atomic E-state index is 12.9. The van der Waals surface area contributed by atoms with Crippen molar-refractivity contribution in [3.63, 3.8) is 0 Å². The summed E-state index contributed by atoms with van der Waals surface area (Å²) in [5, 5.41) is 4.35. The van der Waals surface area contributed by atoms with E-state index in [0.717, 1.165) is 22.5 Å². The van der Waals surface area contributed by atoms with Crippen molar-refractivity contribution < 1.29 is 13.2 Å². The van der Waals surface area contributed by atoms with Crippen LogP contribution < -0.4 is 9.46 Å². The van der Waals surface area contributed by atoms with E-state index >= 15 is 0 Å². The van der Waals surface area contributed by atoms with E-state index in [-0.39, 0.29) is 16.5 Å². The molecule has 0 unspecified atom stereocenters. The summed E-state index contributed by atoms with van der Waals surface area (Å²) in [5.41, 5.74) is 3.52. The molecule has 0 aliphatic heterocycles. The van der Waals surface area contributed by atoms with E-state index in [2.05, 4.69) is 19.8 Å². The fourth-order valence-electron chi connectivity index (χ4n) is 2.70. The van der Waals surface area contributed by atoms with Crippen LogP contribution >= 0.6 is 0 Å². The molecule has 2 heterocycles. The van der Waals surface area contributed by atoms with Crippen molar-refractivity contribution in [3.05, 3.63) is 53.1 Å². The second-order valence-electron chi connectivity index (χ2n) is 6.29. The Balaban J connectivity index is 1.99. The van der Waals surface area contributed by atoms with Crippen LogP contribution in [-0.4, -0.2) is 35.3 Å². The normalized spacial score (nSPS) is 11.4. The molecular formula is C18H21N5O3S. The highest BCUT2D eigenvalue weighted by Gasteiger charge is 2.22. The van der Waals surface area contributed by atoms with Gasteiger partial charge in [0.2, 0.25) is 0 Å². The highest BCUT2D eigenvalue weighted by Crippen LogP contribution is 2.28. The average molecular weight is 387 g/mol.